The summed E-state index contributed by atoms with van der Waals surface area (Å²) in [7, 11) is 3.17. The van der Waals surface area contributed by atoms with Gasteiger partial charge in [-0.25, -0.2) is 0 Å². The lowest BCUT2D eigenvalue weighted by atomic mass is 9.99. The van der Waals surface area contributed by atoms with Gasteiger partial charge in [0.1, 0.15) is 0 Å². The zero-order valence-electron chi connectivity index (χ0n) is 21.9. The van der Waals surface area contributed by atoms with Crippen LogP contribution in [0.15, 0.2) is 36.5 Å². The number of benzene rings is 2. The van der Waals surface area contributed by atoms with Gasteiger partial charge in [-0.05, 0) is 42.0 Å². The first kappa shape index (κ1) is 27.2. The molecule has 36 heavy (non-hydrogen) atoms. The maximum Gasteiger partial charge on any atom is 0.221 e. The molecule has 0 fully saturated rings. The lowest BCUT2D eigenvalue weighted by Gasteiger charge is -2.22. The van der Waals surface area contributed by atoms with Crippen molar-refractivity contribution in [2.75, 3.05) is 26.1 Å². The lowest BCUT2D eigenvalue weighted by Crippen LogP contribution is -2.33. The van der Waals surface area contributed by atoms with Gasteiger partial charge in [-0.1, -0.05) is 32.9 Å². The van der Waals surface area contributed by atoms with Gasteiger partial charge in [-0.3, -0.25) is 9.78 Å². The van der Waals surface area contributed by atoms with Crippen molar-refractivity contribution < 1.29 is 19.4 Å². The number of hydrogen-bond acceptors (Lipinski definition) is 7. The summed E-state index contributed by atoms with van der Waals surface area (Å²) < 4.78 is 11.0. The average Bonchev–Trinajstić information content (AvgIpc) is 2.86. The molecule has 1 atom stereocenters. The standard InChI is InChI=1S/C28H38N4O4/c1-6-21-18(14-30-20(16-33)10-17(2)3)8-7-9-23(21)32-28-19(11-27(29)34)15-31-24-13-26(36-5)25(35-4)12-22(24)28/h7-9,12-13,15,17,20,30,33H,6,10-11,14,16H2,1-5H3,(H2,29,34)(H,31,32)/t20-/m1/s1. The van der Waals surface area contributed by atoms with Crippen molar-refractivity contribution in [2.45, 2.75) is 52.6 Å². The van der Waals surface area contributed by atoms with E-state index in [-0.39, 0.29) is 19.1 Å². The smallest absolute Gasteiger partial charge is 0.221 e. The number of methoxy groups -OCH3 is 2. The fraction of sp³-hybridized carbons (Fsp3) is 0.429. The Morgan fingerprint density at radius 2 is 1.86 bits per heavy atom. The summed E-state index contributed by atoms with van der Waals surface area (Å²) in [6.45, 7) is 7.17. The number of ether oxygens (including phenoxy) is 2. The molecule has 3 aromatic rings. The fourth-order valence-corrected chi connectivity index (χ4v) is 4.54. The summed E-state index contributed by atoms with van der Waals surface area (Å²) >= 11 is 0. The molecule has 1 amide bonds. The predicted molar refractivity (Wildman–Crippen MR) is 144 cm³/mol. The van der Waals surface area contributed by atoms with E-state index < -0.39 is 5.91 Å². The Labute approximate surface area is 213 Å². The number of nitrogens with zero attached hydrogens (tertiary/aromatic N) is 1. The first-order valence-electron chi connectivity index (χ1n) is 12.3. The Bertz CT molecular complexity index is 1200. The van der Waals surface area contributed by atoms with Crippen LogP contribution in [0.4, 0.5) is 11.4 Å². The monoisotopic (exact) mass is 494 g/mol. The van der Waals surface area contributed by atoms with Crippen LogP contribution in [-0.2, 0) is 24.2 Å². The molecule has 2 aromatic carbocycles. The van der Waals surface area contributed by atoms with E-state index in [0.29, 0.717) is 35.0 Å². The van der Waals surface area contributed by atoms with Gasteiger partial charge in [0.15, 0.2) is 11.5 Å². The number of aliphatic hydroxyl groups is 1. The molecule has 5 N–H and O–H groups in total. The van der Waals surface area contributed by atoms with Crippen LogP contribution in [0.2, 0.25) is 0 Å². The minimum absolute atomic E-state index is 0.0417. The maximum atomic E-state index is 11.9. The molecule has 0 bridgehead atoms. The van der Waals surface area contributed by atoms with E-state index >= 15 is 0 Å². The van der Waals surface area contributed by atoms with Crippen LogP contribution >= 0.6 is 0 Å². The molecule has 194 valence electrons. The van der Waals surface area contributed by atoms with Crippen molar-refractivity contribution in [3.63, 3.8) is 0 Å². The van der Waals surface area contributed by atoms with Crippen LogP contribution in [0.3, 0.4) is 0 Å². The molecule has 0 aliphatic carbocycles. The first-order valence-corrected chi connectivity index (χ1v) is 12.3. The normalized spacial score (nSPS) is 12.1. The van der Waals surface area contributed by atoms with Gasteiger partial charge in [0.05, 0.1) is 38.5 Å². The molecule has 8 heteroatoms. The van der Waals surface area contributed by atoms with Crippen molar-refractivity contribution in [1.82, 2.24) is 10.3 Å². The third-order valence-corrected chi connectivity index (χ3v) is 6.26. The molecule has 0 unspecified atom stereocenters. The van der Waals surface area contributed by atoms with E-state index in [1.54, 1.807) is 20.4 Å². The number of carbonyl (C=O) groups excluding carboxylic acids is 1. The summed E-state index contributed by atoms with van der Waals surface area (Å²) in [5.41, 5.74) is 11.0. The molecule has 0 radical (unpaired) electrons. The van der Waals surface area contributed by atoms with Crippen molar-refractivity contribution in [1.29, 1.82) is 0 Å². The average molecular weight is 495 g/mol. The van der Waals surface area contributed by atoms with Crippen molar-refractivity contribution in [2.24, 2.45) is 11.7 Å². The van der Waals surface area contributed by atoms with Gasteiger partial charge < -0.3 is 30.9 Å². The molecule has 3 rings (SSSR count). The van der Waals surface area contributed by atoms with E-state index in [1.165, 1.54) is 0 Å². The summed E-state index contributed by atoms with van der Waals surface area (Å²) in [4.78, 5) is 16.4. The number of anilines is 2. The molecule has 1 heterocycles. The van der Waals surface area contributed by atoms with Crippen LogP contribution in [0.1, 0.15) is 43.9 Å². The number of pyridine rings is 1. The number of aromatic nitrogens is 1. The van der Waals surface area contributed by atoms with Crippen LogP contribution < -0.4 is 25.8 Å². The van der Waals surface area contributed by atoms with Gasteiger partial charge in [-0.15, -0.1) is 0 Å². The molecule has 0 saturated heterocycles. The Hall–Kier alpha value is -3.36. The van der Waals surface area contributed by atoms with Crippen LogP contribution in [-0.4, -0.2) is 42.9 Å². The number of primary amides is 1. The Kier molecular flexibility index (Phi) is 9.50. The number of fused-ring (bicyclic) bond motifs is 1. The number of aliphatic hydroxyl groups excluding tert-OH is 1. The van der Waals surface area contributed by atoms with Gasteiger partial charge in [0.2, 0.25) is 5.91 Å². The van der Waals surface area contributed by atoms with Crippen LogP contribution in [0.5, 0.6) is 11.5 Å². The van der Waals surface area contributed by atoms with E-state index in [9.17, 15) is 9.90 Å². The topological polar surface area (TPSA) is 119 Å². The molecule has 0 saturated carbocycles. The van der Waals surface area contributed by atoms with E-state index in [0.717, 1.165) is 40.7 Å². The molecule has 0 aliphatic heterocycles. The quantitative estimate of drug-likeness (QED) is 0.283. The SMILES string of the molecule is CCc1c(CN[C@@H](CO)CC(C)C)cccc1Nc1c(CC(N)=O)cnc2cc(OC)c(OC)cc12. The Morgan fingerprint density at radius 1 is 1.14 bits per heavy atom. The molecule has 0 aliphatic rings. The Balaban J connectivity index is 2.05. The maximum absolute atomic E-state index is 11.9. The third kappa shape index (κ3) is 6.44. The minimum atomic E-state index is -0.437. The van der Waals surface area contributed by atoms with Gasteiger partial charge in [0.25, 0.3) is 0 Å². The third-order valence-electron chi connectivity index (χ3n) is 6.26. The first-order chi connectivity index (χ1) is 17.3. The summed E-state index contributed by atoms with van der Waals surface area (Å²) in [6.07, 6.45) is 3.44. The van der Waals surface area contributed by atoms with Gasteiger partial charge in [0, 0.05) is 41.5 Å². The summed E-state index contributed by atoms with van der Waals surface area (Å²) in [6, 6.07) is 9.86. The highest BCUT2D eigenvalue weighted by molar-refractivity contribution is 5.98. The minimum Gasteiger partial charge on any atom is -0.493 e. The highest BCUT2D eigenvalue weighted by Crippen LogP contribution is 2.38. The van der Waals surface area contributed by atoms with Gasteiger partial charge >= 0.3 is 0 Å². The number of nitrogens with two attached hydrogens (primary N) is 1. The number of hydrogen-bond donors (Lipinski definition) is 4. The molecular weight excluding hydrogens is 456 g/mol. The summed E-state index contributed by atoms with van der Waals surface area (Å²) in [5.74, 6) is 1.20. The number of carbonyl (C=O) groups is 1. The Morgan fingerprint density at radius 3 is 2.47 bits per heavy atom. The van der Waals surface area contributed by atoms with Crippen molar-refractivity contribution >= 4 is 28.2 Å². The van der Waals surface area contributed by atoms with Crippen molar-refractivity contribution in [3.8, 4) is 11.5 Å². The number of nitrogens with one attached hydrogen (secondary N) is 2. The molecule has 1 aromatic heterocycles. The van der Waals surface area contributed by atoms with Crippen molar-refractivity contribution in [3.05, 3.63) is 53.2 Å². The lowest BCUT2D eigenvalue weighted by molar-refractivity contribution is -0.117. The number of rotatable bonds is 13. The highest BCUT2D eigenvalue weighted by atomic mass is 16.5. The second-order valence-corrected chi connectivity index (χ2v) is 9.34. The van der Waals surface area contributed by atoms with E-state index in [2.05, 4.69) is 42.5 Å². The van der Waals surface area contributed by atoms with Gasteiger partial charge in [-0.2, -0.15) is 0 Å². The molecule has 0 spiro atoms. The number of amides is 1. The van der Waals surface area contributed by atoms with E-state index in [4.69, 9.17) is 15.2 Å². The zero-order chi connectivity index (χ0) is 26.2. The second kappa shape index (κ2) is 12.6. The molecule has 8 nitrogen and oxygen atoms in total. The zero-order valence-corrected chi connectivity index (χ0v) is 21.9. The largest absolute Gasteiger partial charge is 0.493 e. The molecular formula is C28H38N4O4. The fourth-order valence-electron chi connectivity index (χ4n) is 4.54. The predicted octanol–water partition coefficient (Wildman–Crippen LogP) is 4.08. The second-order valence-electron chi connectivity index (χ2n) is 9.34. The van der Waals surface area contributed by atoms with E-state index in [1.807, 2.05) is 24.3 Å². The van der Waals surface area contributed by atoms with Crippen LogP contribution in [0, 0.1) is 5.92 Å². The summed E-state index contributed by atoms with van der Waals surface area (Å²) in [5, 5.41) is 17.7. The highest BCUT2D eigenvalue weighted by Gasteiger charge is 2.17. The van der Waals surface area contributed by atoms with Crippen LogP contribution in [0.25, 0.3) is 10.9 Å².